The maximum absolute atomic E-state index is 13.6. The molecule has 0 saturated carbocycles. The number of Topliss-reactive ketones (excluding diaryl/α,β-unsaturated/α-hetero) is 1. The average molecular weight is 538 g/mol. The van der Waals surface area contributed by atoms with Crippen LogP contribution in [0.3, 0.4) is 0 Å². The number of ether oxygens (including phenoxy) is 1. The van der Waals surface area contributed by atoms with Crippen molar-refractivity contribution in [2.75, 3.05) is 4.90 Å². The summed E-state index contributed by atoms with van der Waals surface area (Å²) in [6, 6.07) is 22.0. The molecule has 0 bridgehead atoms. The monoisotopic (exact) mass is 537 g/mol. The first-order valence-corrected chi connectivity index (χ1v) is 13.7. The van der Waals surface area contributed by atoms with Crippen molar-refractivity contribution in [3.63, 3.8) is 0 Å². The first kappa shape index (κ1) is 26.6. The van der Waals surface area contributed by atoms with Crippen molar-refractivity contribution >= 4 is 23.1 Å². The Balaban J connectivity index is 1.61. The van der Waals surface area contributed by atoms with Gasteiger partial charge in [0.15, 0.2) is 5.78 Å². The molecule has 1 aliphatic carbocycles. The van der Waals surface area contributed by atoms with E-state index in [4.69, 9.17) is 22.1 Å². The fourth-order valence-corrected chi connectivity index (χ4v) is 5.80. The first-order valence-electron chi connectivity index (χ1n) is 13.4. The maximum Gasteiger partial charge on any atom is 0.161 e. The van der Waals surface area contributed by atoms with E-state index >= 15 is 0 Å². The highest BCUT2D eigenvalue weighted by atomic mass is 35.5. The van der Waals surface area contributed by atoms with Gasteiger partial charge in [0, 0.05) is 28.4 Å². The van der Waals surface area contributed by atoms with Gasteiger partial charge >= 0.3 is 0 Å². The minimum atomic E-state index is -0.516. The largest absolute Gasteiger partial charge is 0.489 e. The number of carbonyl (C=O) groups is 1. The molecule has 0 fully saturated rings. The van der Waals surface area contributed by atoms with Crippen LogP contribution in [0.25, 0.3) is 0 Å². The molecule has 5 rings (SSSR count). The predicted molar refractivity (Wildman–Crippen MR) is 155 cm³/mol. The molecule has 0 aromatic heterocycles. The van der Waals surface area contributed by atoms with E-state index in [1.807, 2.05) is 43.0 Å². The van der Waals surface area contributed by atoms with Gasteiger partial charge in [0.25, 0.3) is 0 Å². The number of hydrogen-bond donors (Lipinski definition) is 1. The van der Waals surface area contributed by atoms with Crippen LogP contribution in [0.2, 0.25) is 5.02 Å². The number of hydrogen-bond acceptors (Lipinski definition) is 5. The number of allylic oxidation sites excluding steroid dienone is 3. The van der Waals surface area contributed by atoms with Crippen molar-refractivity contribution in [3.05, 3.63) is 116 Å². The highest BCUT2D eigenvalue weighted by molar-refractivity contribution is 6.30. The highest BCUT2D eigenvalue weighted by Gasteiger charge is 2.41. The molecule has 1 heterocycles. The normalized spacial score (nSPS) is 17.3. The molecule has 198 valence electrons. The number of halogens is 1. The van der Waals surface area contributed by atoms with E-state index in [2.05, 4.69) is 37.3 Å². The molecular weight excluding hydrogens is 506 g/mol. The molecule has 2 N–H and O–H groups in total. The van der Waals surface area contributed by atoms with E-state index in [9.17, 15) is 10.1 Å². The number of rotatable bonds is 6. The average Bonchev–Trinajstić information content (AvgIpc) is 2.94. The molecule has 5 nitrogen and oxygen atoms in total. The smallest absolute Gasteiger partial charge is 0.161 e. The fraction of sp³-hybridized carbons (Fsp3) is 0.273. The van der Waals surface area contributed by atoms with Crippen molar-refractivity contribution in [1.29, 1.82) is 5.26 Å². The molecule has 0 spiro atoms. The van der Waals surface area contributed by atoms with Gasteiger partial charge in [0.1, 0.15) is 18.2 Å². The minimum absolute atomic E-state index is 0.0801. The van der Waals surface area contributed by atoms with Gasteiger partial charge in [-0.1, -0.05) is 48.4 Å². The van der Waals surface area contributed by atoms with Crippen LogP contribution in [0.1, 0.15) is 59.9 Å². The van der Waals surface area contributed by atoms with Gasteiger partial charge in [0.2, 0.25) is 0 Å². The summed E-state index contributed by atoms with van der Waals surface area (Å²) in [5.41, 5.74) is 14.8. The number of benzene rings is 3. The second-order valence-corrected chi connectivity index (χ2v) is 10.7. The number of aryl methyl sites for hydroxylation is 2. The first-order chi connectivity index (χ1) is 18.8. The van der Waals surface area contributed by atoms with E-state index in [1.165, 1.54) is 5.56 Å². The zero-order valence-electron chi connectivity index (χ0n) is 22.6. The Morgan fingerprint density at radius 2 is 1.79 bits per heavy atom. The van der Waals surface area contributed by atoms with E-state index in [1.54, 1.807) is 12.1 Å². The summed E-state index contributed by atoms with van der Waals surface area (Å²) in [4.78, 5) is 15.5. The Morgan fingerprint density at radius 1 is 1.08 bits per heavy atom. The zero-order valence-corrected chi connectivity index (χ0v) is 23.3. The molecule has 0 radical (unpaired) electrons. The van der Waals surface area contributed by atoms with E-state index in [0.29, 0.717) is 35.0 Å². The molecule has 1 unspecified atom stereocenters. The van der Waals surface area contributed by atoms with E-state index < -0.39 is 5.92 Å². The molecule has 0 amide bonds. The van der Waals surface area contributed by atoms with Crippen molar-refractivity contribution < 1.29 is 9.53 Å². The van der Waals surface area contributed by atoms with Crippen molar-refractivity contribution in [1.82, 2.24) is 0 Å². The van der Waals surface area contributed by atoms with Crippen molar-refractivity contribution in [3.8, 4) is 11.8 Å². The number of nitrogens with two attached hydrogens (primary N) is 1. The fourth-order valence-electron chi connectivity index (χ4n) is 5.68. The summed E-state index contributed by atoms with van der Waals surface area (Å²) in [6.07, 6.45) is 2.88. The quantitative estimate of drug-likeness (QED) is 0.354. The topological polar surface area (TPSA) is 79.3 Å². The molecule has 6 heteroatoms. The van der Waals surface area contributed by atoms with Crippen LogP contribution in [0.4, 0.5) is 5.69 Å². The van der Waals surface area contributed by atoms with Gasteiger partial charge in [-0.15, -0.1) is 0 Å². The lowest BCUT2D eigenvalue weighted by molar-refractivity contribution is -0.116. The Hall–Kier alpha value is -4.01. The van der Waals surface area contributed by atoms with Gasteiger partial charge in [-0.2, -0.15) is 5.26 Å². The van der Waals surface area contributed by atoms with E-state index in [-0.39, 0.29) is 5.78 Å². The molecule has 0 saturated heterocycles. The number of nitrogens with zero attached hydrogens (tertiary/aromatic N) is 2. The maximum atomic E-state index is 13.6. The minimum Gasteiger partial charge on any atom is -0.489 e. The van der Waals surface area contributed by atoms with E-state index in [0.717, 1.165) is 58.7 Å². The standard InChI is InChI=1S/C33H32ClN3O2/c1-4-22-8-12-25(13-9-22)37-29-6-5-7-30(38)32(29)31(28(18-35)33(37)36)27-17-20(2)16-23(21(27)3)19-39-26-14-10-24(34)11-15-26/h8-17,31H,4-7,19,36H2,1-3H3. The summed E-state index contributed by atoms with van der Waals surface area (Å²) in [5, 5.41) is 11.1. The summed E-state index contributed by atoms with van der Waals surface area (Å²) in [7, 11) is 0. The molecule has 1 atom stereocenters. The van der Waals surface area contributed by atoms with Crippen LogP contribution in [-0.2, 0) is 17.8 Å². The second kappa shape index (κ2) is 11.0. The van der Waals surface area contributed by atoms with Gasteiger partial charge in [-0.25, -0.2) is 0 Å². The van der Waals surface area contributed by atoms with Gasteiger partial charge < -0.3 is 10.5 Å². The van der Waals surface area contributed by atoms with Crippen LogP contribution in [0.15, 0.2) is 83.3 Å². The Bertz CT molecular complexity index is 1530. The Labute approximate surface area is 235 Å². The van der Waals surface area contributed by atoms with Crippen molar-refractivity contribution in [2.24, 2.45) is 5.73 Å². The highest BCUT2D eigenvalue weighted by Crippen LogP contribution is 2.47. The molecule has 39 heavy (non-hydrogen) atoms. The number of anilines is 1. The lowest BCUT2D eigenvalue weighted by Gasteiger charge is -2.40. The summed E-state index contributed by atoms with van der Waals surface area (Å²) in [6.45, 7) is 6.52. The predicted octanol–water partition coefficient (Wildman–Crippen LogP) is 7.40. The van der Waals surface area contributed by atoms with Crippen LogP contribution in [0, 0.1) is 25.2 Å². The van der Waals surface area contributed by atoms with Gasteiger partial charge in [0.05, 0.1) is 17.6 Å². The van der Waals surface area contributed by atoms with Gasteiger partial charge in [-0.05, 0) is 91.8 Å². The molecule has 3 aromatic rings. The third kappa shape index (κ3) is 5.05. The molecular formula is C33H32ClN3O2. The number of carbonyl (C=O) groups excluding carboxylic acids is 1. The third-order valence-corrected chi connectivity index (χ3v) is 7.99. The molecule has 1 aliphatic heterocycles. The summed E-state index contributed by atoms with van der Waals surface area (Å²) in [5.74, 6) is 0.674. The van der Waals surface area contributed by atoms with Crippen LogP contribution in [0.5, 0.6) is 5.75 Å². The summed E-state index contributed by atoms with van der Waals surface area (Å²) < 4.78 is 6.07. The second-order valence-electron chi connectivity index (χ2n) is 10.2. The van der Waals surface area contributed by atoms with Crippen molar-refractivity contribution in [2.45, 2.75) is 59.0 Å². The Kier molecular flexibility index (Phi) is 7.50. The SMILES string of the molecule is CCc1ccc(N2C(N)=C(C#N)C(c3cc(C)cc(COc4ccc(Cl)cc4)c3C)C3=C2CCCC3=O)cc1. The molecule has 2 aliphatic rings. The van der Waals surface area contributed by atoms with Crippen LogP contribution < -0.4 is 15.4 Å². The zero-order chi connectivity index (χ0) is 27.7. The third-order valence-electron chi connectivity index (χ3n) is 7.73. The Morgan fingerprint density at radius 3 is 2.46 bits per heavy atom. The number of ketones is 1. The van der Waals surface area contributed by atoms with Gasteiger partial charge in [-0.3, -0.25) is 9.69 Å². The lowest BCUT2D eigenvalue weighted by atomic mass is 9.73. The number of nitriles is 1. The molecule has 3 aromatic carbocycles. The van der Waals surface area contributed by atoms with Crippen LogP contribution >= 0.6 is 11.6 Å². The lowest BCUT2D eigenvalue weighted by Crippen LogP contribution is -2.39. The summed E-state index contributed by atoms with van der Waals surface area (Å²) >= 11 is 6.02. The van der Waals surface area contributed by atoms with Crippen LogP contribution in [-0.4, -0.2) is 5.78 Å².